The number of aromatic carboxylic acids is 1. The van der Waals surface area contributed by atoms with E-state index in [1.165, 1.54) is 18.2 Å². The number of carboxylic acid groups (broad SMARTS) is 1. The first-order valence-corrected chi connectivity index (χ1v) is 6.59. The van der Waals surface area contributed by atoms with Crippen LogP contribution >= 0.6 is 0 Å². The minimum absolute atomic E-state index is 0.119. The highest BCUT2D eigenvalue weighted by molar-refractivity contribution is 5.96. The maximum absolute atomic E-state index is 13.4. The van der Waals surface area contributed by atoms with E-state index in [1.807, 2.05) is 24.3 Å². The third-order valence-corrected chi connectivity index (χ3v) is 3.09. The number of carbonyl (C=O) groups is 1. The molecule has 2 nitrogen and oxygen atoms in total. The molecule has 2 rings (SSSR count). The SMILES string of the molecule is CC(C)Cc1cccc(-c2cc(F)ccc2C(=O)O)c1. The van der Waals surface area contributed by atoms with E-state index in [-0.39, 0.29) is 5.56 Å². The predicted molar refractivity (Wildman–Crippen MR) is 77.3 cm³/mol. The second-order valence-corrected chi connectivity index (χ2v) is 5.29. The molecule has 1 N–H and O–H groups in total. The van der Waals surface area contributed by atoms with Gasteiger partial charge in [0.25, 0.3) is 0 Å². The zero-order chi connectivity index (χ0) is 14.7. The summed E-state index contributed by atoms with van der Waals surface area (Å²) in [7, 11) is 0. The summed E-state index contributed by atoms with van der Waals surface area (Å²) in [6, 6.07) is 11.4. The van der Waals surface area contributed by atoms with Gasteiger partial charge in [0.05, 0.1) is 5.56 Å². The van der Waals surface area contributed by atoms with Crippen molar-refractivity contribution in [2.45, 2.75) is 20.3 Å². The Labute approximate surface area is 117 Å². The van der Waals surface area contributed by atoms with Crippen LogP contribution in [0.4, 0.5) is 4.39 Å². The number of hydrogen-bond acceptors (Lipinski definition) is 1. The van der Waals surface area contributed by atoms with Gasteiger partial charge < -0.3 is 5.11 Å². The highest BCUT2D eigenvalue weighted by Crippen LogP contribution is 2.26. The van der Waals surface area contributed by atoms with E-state index in [9.17, 15) is 14.3 Å². The monoisotopic (exact) mass is 272 g/mol. The molecule has 0 aliphatic carbocycles. The maximum atomic E-state index is 13.4. The normalized spacial score (nSPS) is 10.8. The summed E-state index contributed by atoms with van der Waals surface area (Å²) in [4.78, 5) is 11.2. The molecule has 0 amide bonds. The molecular formula is C17H17FO2. The van der Waals surface area contributed by atoms with E-state index in [0.29, 0.717) is 11.5 Å². The Morgan fingerprint density at radius 2 is 1.95 bits per heavy atom. The molecule has 0 bridgehead atoms. The molecule has 0 saturated heterocycles. The number of benzene rings is 2. The lowest BCUT2D eigenvalue weighted by molar-refractivity contribution is 0.0697. The molecule has 0 heterocycles. The summed E-state index contributed by atoms with van der Waals surface area (Å²) in [5.41, 5.74) is 2.40. The molecule has 3 heteroatoms. The van der Waals surface area contributed by atoms with Gasteiger partial charge in [-0.25, -0.2) is 9.18 Å². The largest absolute Gasteiger partial charge is 0.478 e. The van der Waals surface area contributed by atoms with Gasteiger partial charge in [0.2, 0.25) is 0 Å². The number of carboxylic acids is 1. The van der Waals surface area contributed by atoms with Crippen LogP contribution in [0.3, 0.4) is 0 Å². The van der Waals surface area contributed by atoms with Crippen molar-refractivity contribution in [2.75, 3.05) is 0 Å². The van der Waals surface area contributed by atoms with Crippen molar-refractivity contribution in [3.63, 3.8) is 0 Å². The fraction of sp³-hybridized carbons (Fsp3) is 0.235. The molecule has 0 fully saturated rings. The van der Waals surface area contributed by atoms with Crippen molar-refractivity contribution in [1.29, 1.82) is 0 Å². The zero-order valence-corrected chi connectivity index (χ0v) is 11.6. The number of rotatable bonds is 4. The molecular weight excluding hydrogens is 255 g/mol. The van der Waals surface area contributed by atoms with Gasteiger partial charge in [0, 0.05) is 0 Å². The van der Waals surface area contributed by atoms with Crippen molar-refractivity contribution >= 4 is 5.97 Å². The van der Waals surface area contributed by atoms with Crippen LogP contribution in [0.15, 0.2) is 42.5 Å². The van der Waals surface area contributed by atoms with E-state index < -0.39 is 11.8 Å². The van der Waals surface area contributed by atoms with E-state index in [0.717, 1.165) is 17.5 Å². The van der Waals surface area contributed by atoms with Crippen LogP contribution in [-0.2, 0) is 6.42 Å². The Kier molecular flexibility index (Phi) is 4.18. The standard InChI is InChI=1S/C17H17FO2/c1-11(2)8-12-4-3-5-13(9-12)16-10-14(18)6-7-15(16)17(19)20/h3-7,9-11H,8H2,1-2H3,(H,19,20). The third kappa shape index (κ3) is 3.23. The van der Waals surface area contributed by atoms with Gasteiger partial charge in [0.15, 0.2) is 0 Å². The smallest absolute Gasteiger partial charge is 0.336 e. The van der Waals surface area contributed by atoms with E-state index in [4.69, 9.17) is 0 Å². The van der Waals surface area contributed by atoms with Crippen LogP contribution in [-0.4, -0.2) is 11.1 Å². The summed E-state index contributed by atoms with van der Waals surface area (Å²) in [5, 5.41) is 9.21. The van der Waals surface area contributed by atoms with Gasteiger partial charge in [-0.2, -0.15) is 0 Å². The fourth-order valence-electron chi connectivity index (χ4n) is 2.28. The predicted octanol–water partition coefficient (Wildman–Crippen LogP) is 4.39. The number of hydrogen-bond donors (Lipinski definition) is 1. The van der Waals surface area contributed by atoms with Crippen molar-refractivity contribution < 1.29 is 14.3 Å². The Morgan fingerprint density at radius 1 is 1.20 bits per heavy atom. The Hall–Kier alpha value is -2.16. The Bertz CT molecular complexity index is 633. The molecule has 0 atom stereocenters. The van der Waals surface area contributed by atoms with Crippen LogP contribution in [0.5, 0.6) is 0 Å². The molecule has 0 aromatic heterocycles. The second kappa shape index (κ2) is 5.87. The van der Waals surface area contributed by atoms with Crippen LogP contribution in [0.25, 0.3) is 11.1 Å². The highest BCUT2D eigenvalue weighted by Gasteiger charge is 2.13. The summed E-state index contributed by atoms with van der Waals surface area (Å²) in [6.45, 7) is 4.25. The molecule has 0 aliphatic heterocycles. The third-order valence-electron chi connectivity index (χ3n) is 3.09. The highest BCUT2D eigenvalue weighted by atomic mass is 19.1. The fourth-order valence-corrected chi connectivity index (χ4v) is 2.28. The second-order valence-electron chi connectivity index (χ2n) is 5.29. The van der Waals surface area contributed by atoms with Gasteiger partial charge in [0.1, 0.15) is 5.82 Å². The van der Waals surface area contributed by atoms with Gasteiger partial charge in [-0.15, -0.1) is 0 Å². The summed E-state index contributed by atoms with van der Waals surface area (Å²) >= 11 is 0. The first-order chi connectivity index (χ1) is 9.47. The van der Waals surface area contributed by atoms with Crippen molar-refractivity contribution in [3.8, 4) is 11.1 Å². The maximum Gasteiger partial charge on any atom is 0.336 e. The van der Waals surface area contributed by atoms with Gasteiger partial charge in [-0.1, -0.05) is 38.1 Å². The minimum atomic E-state index is -1.05. The van der Waals surface area contributed by atoms with Crippen LogP contribution in [0, 0.1) is 11.7 Å². The average molecular weight is 272 g/mol. The van der Waals surface area contributed by atoms with Crippen LogP contribution in [0.1, 0.15) is 29.8 Å². The summed E-state index contributed by atoms with van der Waals surface area (Å²) in [6.07, 6.45) is 0.908. The first kappa shape index (κ1) is 14.3. The van der Waals surface area contributed by atoms with Gasteiger partial charge >= 0.3 is 5.97 Å². The average Bonchev–Trinajstić information content (AvgIpc) is 2.37. The lowest BCUT2D eigenvalue weighted by atomic mass is 9.95. The molecule has 0 unspecified atom stereocenters. The van der Waals surface area contributed by atoms with Crippen molar-refractivity contribution in [1.82, 2.24) is 0 Å². The van der Waals surface area contributed by atoms with Gasteiger partial charge in [-0.3, -0.25) is 0 Å². The van der Waals surface area contributed by atoms with Crippen molar-refractivity contribution in [2.24, 2.45) is 5.92 Å². The topological polar surface area (TPSA) is 37.3 Å². The molecule has 0 saturated carbocycles. The molecule has 2 aromatic rings. The Balaban J connectivity index is 2.50. The van der Waals surface area contributed by atoms with Crippen LogP contribution < -0.4 is 0 Å². The summed E-state index contributed by atoms with van der Waals surface area (Å²) in [5.74, 6) is -0.967. The van der Waals surface area contributed by atoms with Crippen molar-refractivity contribution in [3.05, 3.63) is 59.4 Å². The zero-order valence-electron chi connectivity index (χ0n) is 11.6. The van der Waals surface area contributed by atoms with Crippen LogP contribution in [0.2, 0.25) is 0 Å². The Morgan fingerprint density at radius 3 is 2.60 bits per heavy atom. The lowest BCUT2D eigenvalue weighted by Crippen LogP contribution is -2.01. The molecule has 104 valence electrons. The quantitative estimate of drug-likeness (QED) is 0.896. The molecule has 0 aliphatic rings. The molecule has 0 spiro atoms. The van der Waals surface area contributed by atoms with E-state index in [2.05, 4.69) is 13.8 Å². The van der Waals surface area contributed by atoms with E-state index >= 15 is 0 Å². The number of halogens is 1. The minimum Gasteiger partial charge on any atom is -0.478 e. The van der Waals surface area contributed by atoms with Gasteiger partial charge in [-0.05, 0) is 47.2 Å². The first-order valence-electron chi connectivity index (χ1n) is 6.59. The summed E-state index contributed by atoms with van der Waals surface area (Å²) < 4.78 is 13.4. The molecule has 0 radical (unpaired) electrons. The molecule has 2 aromatic carbocycles. The lowest BCUT2D eigenvalue weighted by Gasteiger charge is -2.10. The molecule has 20 heavy (non-hydrogen) atoms. The van der Waals surface area contributed by atoms with E-state index in [1.54, 1.807) is 0 Å².